The van der Waals surface area contributed by atoms with Crippen LogP contribution in [0.3, 0.4) is 0 Å². The van der Waals surface area contributed by atoms with Gasteiger partial charge in [-0.05, 0) is 18.6 Å². The Labute approximate surface area is 112 Å². The van der Waals surface area contributed by atoms with Gasteiger partial charge in [-0.25, -0.2) is 4.79 Å². The number of carbonyl (C=O) groups excluding carboxylic acids is 1. The van der Waals surface area contributed by atoms with E-state index in [1.807, 2.05) is 0 Å². The Morgan fingerprint density at radius 3 is 2.78 bits per heavy atom. The van der Waals surface area contributed by atoms with Gasteiger partial charge in [-0.2, -0.15) is 0 Å². The standard InChI is InChI=1S/C13H19ClN2O2/c1-3-4-5-6-16-12-10(13(17)18-2)7-9(15)8-11(12)14/h7-8,16H,3-6,15H2,1-2H3. The molecular formula is C13H19ClN2O2. The van der Waals surface area contributed by atoms with Gasteiger partial charge in [-0.3, -0.25) is 0 Å². The molecule has 0 aromatic heterocycles. The molecule has 0 aliphatic rings. The molecule has 1 aromatic carbocycles. The number of ether oxygens (including phenoxy) is 1. The smallest absolute Gasteiger partial charge is 0.340 e. The molecule has 0 fully saturated rings. The van der Waals surface area contributed by atoms with Crippen LogP contribution in [0.25, 0.3) is 0 Å². The van der Waals surface area contributed by atoms with Gasteiger partial charge in [-0.15, -0.1) is 0 Å². The molecule has 4 nitrogen and oxygen atoms in total. The number of halogens is 1. The summed E-state index contributed by atoms with van der Waals surface area (Å²) in [6, 6.07) is 3.19. The average Bonchev–Trinajstić information content (AvgIpc) is 2.35. The lowest BCUT2D eigenvalue weighted by Gasteiger charge is -2.13. The zero-order chi connectivity index (χ0) is 13.5. The van der Waals surface area contributed by atoms with Gasteiger partial charge in [-0.1, -0.05) is 31.4 Å². The van der Waals surface area contributed by atoms with Crippen molar-refractivity contribution in [1.82, 2.24) is 0 Å². The number of methoxy groups -OCH3 is 1. The Bertz CT molecular complexity index is 422. The Kier molecular flexibility index (Phi) is 5.78. The minimum Gasteiger partial charge on any atom is -0.465 e. The molecule has 0 aliphatic carbocycles. The number of hydrogen-bond donors (Lipinski definition) is 2. The van der Waals surface area contributed by atoms with Gasteiger partial charge in [0.1, 0.15) is 0 Å². The van der Waals surface area contributed by atoms with Crippen LogP contribution in [-0.4, -0.2) is 19.6 Å². The normalized spacial score (nSPS) is 10.2. The lowest BCUT2D eigenvalue weighted by Crippen LogP contribution is -2.10. The summed E-state index contributed by atoms with van der Waals surface area (Å²) in [6.45, 7) is 2.90. The van der Waals surface area contributed by atoms with E-state index in [2.05, 4.69) is 12.2 Å². The van der Waals surface area contributed by atoms with Crippen molar-refractivity contribution in [3.63, 3.8) is 0 Å². The first-order valence-corrected chi connectivity index (χ1v) is 6.39. The van der Waals surface area contributed by atoms with Crippen LogP contribution in [0.5, 0.6) is 0 Å². The van der Waals surface area contributed by atoms with Crippen LogP contribution in [-0.2, 0) is 4.74 Å². The first-order valence-electron chi connectivity index (χ1n) is 6.01. The SMILES string of the molecule is CCCCCNc1c(Cl)cc(N)cc1C(=O)OC. The molecule has 0 amide bonds. The van der Waals surface area contributed by atoms with Crippen molar-refractivity contribution in [3.05, 3.63) is 22.7 Å². The molecule has 0 saturated heterocycles. The molecule has 0 atom stereocenters. The maximum Gasteiger partial charge on any atom is 0.340 e. The van der Waals surface area contributed by atoms with Crippen LogP contribution < -0.4 is 11.1 Å². The average molecular weight is 271 g/mol. The maximum atomic E-state index is 11.7. The third-order valence-corrected chi connectivity index (χ3v) is 2.90. The summed E-state index contributed by atoms with van der Waals surface area (Å²) in [5.41, 5.74) is 7.09. The summed E-state index contributed by atoms with van der Waals surface area (Å²) in [5, 5.41) is 3.61. The third kappa shape index (κ3) is 3.81. The molecular weight excluding hydrogens is 252 g/mol. The van der Waals surface area contributed by atoms with Crippen molar-refractivity contribution in [2.45, 2.75) is 26.2 Å². The van der Waals surface area contributed by atoms with Gasteiger partial charge < -0.3 is 15.8 Å². The monoisotopic (exact) mass is 270 g/mol. The number of hydrogen-bond acceptors (Lipinski definition) is 4. The van der Waals surface area contributed by atoms with Crippen LogP contribution in [0.2, 0.25) is 5.02 Å². The van der Waals surface area contributed by atoms with Crippen molar-refractivity contribution in [2.75, 3.05) is 24.7 Å². The molecule has 0 aliphatic heterocycles. The predicted molar refractivity (Wildman–Crippen MR) is 75.2 cm³/mol. The van der Waals surface area contributed by atoms with E-state index >= 15 is 0 Å². The Hall–Kier alpha value is -1.42. The van der Waals surface area contributed by atoms with Gasteiger partial charge in [0.2, 0.25) is 0 Å². The summed E-state index contributed by atoms with van der Waals surface area (Å²) in [4.78, 5) is 11.7. The molecule has 0 heterocycles. The molecule has 1 rings (SSSR count). The van der Waals surface area contributed by atoms with Crippen LogP contribution in [0, 0.1) is 0 Å². The molecule has 0 bridgehead atoms. The third-order valence-electron chi connectivity index (χ3n) is 2.60. The summed E-state index contributed by atoms with van der Waals surface area (Å²) in [6.07, 6.45) is 3.30. The number of esters is 1. The maximum absolute atomic E-state index is 11.7. The zero-order valence-corrected chi connectivity index (χ0v) is 11.5. The molecule has 0 saturated carbocycles. The van der Waals surface area contributed by atoms with Crippen molar-refractivity contribution in [3.8, 4) is 0 Å². The molecule has 0 spiro atoms. The summed E-state index contributed by atoms with van der Waals surface area (Å²) < 4.78 is 4.72. The number of anilines is 2. The fraction of sp³-hybridized carbons (Fsp3) is 0.462. The fourth-order valence-corrected chi connectivity index (χ4v) is 1.96. The largest absolute Gasteiger partial charge is 0.465 e. The van der Waals surface area contributed by atoms with Crippen molar-refractivity contribution >= 4 is 28.9 Å². The van der Waals surface area contributed by atoms with E-state index in [1.54, 1.807) is 12.1 Å². The second-order valence-corrected chi connectivity index (χ2v) is 4.46. The molecule has 0 radical (unpaired) electrons. The number of benzene rings is 1. The fourth-order valence-electron chi connectivity index (χ4n) is 1.67. The highest BCUT2D eigenvalue weighted by atomic mass is 35.5. The molecule has 5 heteroatoms. The van der Waals surface area contributed by atoms with E-state index < -0.39 is 5.97 Å². The van der Waals surface area contributed by atoms with Gasteiger partial charge in [0.15, 0.2) is 0 Å². The van der Waals surface area contributed by atoms with Crippen molar-refractivity contribution in [2.24, 2.45) is 0 Å². The van der Waals surface area contributed by atoms with Crippen LogP contribution in [0.4, 0.5) is 11.4 Å². The lowest BCUT2D eigenvalue weighted by molar-refractivity contribution is 0.0602. The molecule has 0 unspecified atom stereocenters. The van der Waals surface area contributed by atoms with E-state index in [0.29, 0.717) is 22.0 Å². The minimum absolute atomic E-state index is 0.374. The van der Waals surface area contributed by atoms with E-state index in [1.165, 1.54) is 7.11 Å². The Morgan fingerprint density at radius 2 is 2.17 bits per heavy atom. The number of unbranched alkanes of at least 4 members (excludes halogenated alkanes) is 2. The van der Waals surface area contributed by atoms with E-state index in [9.17, 15) is 4.79 Å². The first kappa shape index (κ1) is 14.6. The molecule has 3 N–H and O–H groups in total. The number of nitrogen functional groups attached to an aromatic ring is 1. The topological polar surface area (TPSA) is 64.3 Å². The Morgan fingerprint density at radius 1 is 1.44 bits per heavy atom. The lowest BCUT2D eigenvalue weighted by atomic mass is 10.1. The second kappa shape index (κ2) is 7.11. The molecule has 18 heavy (non-hydrogen) atoms. The van der Waals surface area contributed by atoms with Crippen molar-refractivity contribution < 1.29 is 9.53 Å². The summed E-state index contributed by atoms with van der Waals surface area (Å²) in [5.74, 6) is -0.442. The molecule has 100 valence electrons. The van der Waals surface area contributed by atoms with E-state index in [0.717, 1.165) is 25.8 Å². The Balaban J connectivity index is 2.90. The number of rotatable bonds is 6. The summed E-state index contributed by atoms with van der Waals surface area (Å²) in [7, 11) is 1.33. The highest BCUT2D eigenvalue weighted by molar-refractivity contribution is 6.34. The predicted octanol–water partition coefficient (Wildman–Crippen LogP) is 3.31. The number of carbonyl (C=O) groups is 1. The number of nitrogens with one attached hydrogen (secondary N) is 1. The van der Waals surface area contributed by atoms with Crippen LogP contribution in [0.15, 0.2) is 12.1 Å². The van der Waals surface area contributed by atoms with Gasteiger partial charge in [0.05, 0.1) is 23.4 Å². The molecule has 1 aromatic rings. The zero-order valence-electron chi connectivity index (χ0n) is 10.8. The number of nitrogens with two attached hydrogens (primary N) is 1. The van der Waals surface area contributed by atoms with Gasteiger partial charge in [0.25, 0.3) is 0 Å². The highest BCUT2D eigenvalue weighted by Crippen LogP contribution is 2.29. The summed E-state index contributed by atoms with van der Waals surface area (Å²) >= 11 is 6.10. The van der Waals surface area contributed by atoms with Crippen molar-refractivity contribution in [1.29, 1.82) is 0 Å². The van der Waals surface area contributed by atoms with E-state index in [4.69, 9.17) is 22.1 Å². The minimum atomic E-state index is -0.442. The van der Waals surface area contributed by atoms with Crippen LogP contribution >= 0.6 is 11.6 Å². The van der Waals surface area contributed by atoms with Gasteiger partial charge in [0, 0.05) is 12.2 Å². The second-order valence-electron chi connectivity index (χ2n) is 4.05. The van der Waals surface area contributed by atoms with E-state index in [-0.39, 0.29) is 0 Å². The quantitative estimate of drug-likeness (QED) is 0.473. The first-order chi connectivity index (χ1) is 8.60. The highest BCUT2D eigenvalue weighted by Gasteiger charge is 2.15. The van der Waals surface area contributed by atoms with Gasteiger partial charge >= 0.3 is 5.97 Å². The van der Waals surface area contributed by atoms with Crippen LogP contribution in [0.1, 0.15) is 36.5 Å².